The molecule has 2 aromatic carbocycles. The molecule has 0 amide bonds. The average molecular weight is 374 g/mol. The van der Waals surface area contributed by atoms with Gasteiger partial charge in [-0.05, 0) is 47.9 Å². The molecule has 7 heteroatoms. The van der Waals surface area contributed by atoms with Crippen molar-refractivity contribution in [1.82, 2.24) is 15.0 Å². The highest BCUT2D eigenvalue weighted by molar-refractivity contribution is 5.80. The highest BCUT2D eigenvalue weighted by atomic mass is 16.5. The summed E-state index contributed by atoms with van der Waals surface area (Å²) in [6.45, 7) is 0.533. The van der Waals surface area contributed by atoms with E-state index in [9.17, 15) is 0 Å². The van der Waals surface area contributed by atoms with Gasteiger partial charge in [-0.25, -0.2) is 15.0 Å². The topological polar surface area (TPSA) is 96.3 Å². The highest BCUT2D eigenvalue weighted by Gasteiger charge is 2.26. The van der Waals surface area contributed by atoms with Crippen molar-refractivity contribution in [3.8, 4) is 22.6 Å². The molecule has 0 spiro atoms. The van der Waals surface area contributed by atoms with Crippen molar-refractivity contribution >= 4 is 17.0 Å². The van der Waals surface area contributed by atoms with Gasteiger partial charge < -0.3 is 19.6 Å². The SMILES string of the molecule is COc1ccc2c(c1)CC(c1nc3ccc(-c4cnc(N)nc4)cc3o1)CO2. The zero-order valence-electron chi connectivity index (χ0n) is 15.3. The van der Waals surface area contributed by atoms with Crippen molar-refractivity contribution < 1.29 is 13.9 Å². The van der Waals surface area contributed by atoms with Crippen LogP contribution in [0.25, 0.3) is 22.2 Å². The maximum Gasteiger partial charge on any atom is 0.219 e. The number of nitrogens with two attached hydrogens (primary N) is 1. The van der Waals surface area contributed by atoms with Crippen molar-refractivity contribution in [3.63, 3.8) is 0 Å². The van der Waals surface area contributed by atoms with E-state index in [-0.39, 0.29) is 11.9 Å². The Morgan fingerprint density at radius 2 is 1.93 bits per heavy atom. The number of fused-ring (bicyclic) bond motifs is 2. The number of hydrogen-bond donors (Lipinski definition) is 1. The quantitative estimate of drug-likeness (QED) is 0.585. The Bertz CT molecular complexity index is 1150. The van der Waals surface area contributed by atoms with Crippen LogP contribution in [0.3, 0.4) is 0 Å². The predicted octanol–water partition coefficient (Wildman–Crippen LogP) is 3.59. The molecule has 1 atom stereocenters. The van der Waals surface area contributed by atoms with E-state index in [1.54, 1.807) is 19.5 Å². The van der Waals surface area contributed by atoms with Gasteiger partial charge in [-0.1, -0.05) is 6.07 Å². The first kappa shape index (κ1) is 16.6. The number of nitrogen functional groups attached to an aromatic ring is 1. The Labute approximate surface area is 161 Å². The fraction of sp³-hybridized carbons (Fsp3) is 0.190. The van der Waals surface area contributed by atoms with Gasteiger partial charge in [0.1, 0.15) is 23.6 Å². The molecule has 28 heavy (non-hydrogen) atoms. The van der Waals surface area contributed by atoms with E-state index in [1.807, 2.05) is 36.4 Å². The van der Waals surface area contributed by atoms with Crippen molar-refractivity contribution in [2.45, 2.75) is 12.3 Å². The molecule has 7 nitrogen and oxygen atoms in total. The number of aromatic nitrogens is 3. The zero-order valence-corrected chi connectivity index (χ0v) is 15.3. The van der Waals surface area contributed by atoms with Crippen molar-refractivity contribution in [2.24, 2.45) is 0 Å². The molecule has 3 heterocycles. The van der Waals surface area contributed by atoms with Gasteiger partial charge in [0.25, 0.3) is 0 Å². The zero-order chi connectivity index (χ0) is 19.1. The Kier molecular flexibility index (Phi) is 3.86. The average Bonchev–Trinajstić information content (AvgIpc) is 3.17. The summed E-state index contributed by atoms with van der Waals surface area (Å²) in [7, 11) is 1.66. The first-order valence-electron chi connectivity index (χ1n) is 8.98. The van der Waals surface area contributed by atoms with Crippen LogP contribution in [0.2, 0.25) is 0 Å². The molecule has 1 unspecified atom stereocenters. The number of anilines is 1. The van der Waals surface area contributed by atoms with Gasteiger partial charge >= 0.3 is 0 Å². The highest BCUT2D eigenvalue weighted by Crippen LogP contribution is 2.35. The van der Waals surface area contributed by atoms with Crippen LogP contribution in [-0.2, 0) is 6.42 Å². The van der Waals surface area contributed by atoms with Crippen molar-refractivity contribution in [2.75, 3.05) is 19.5 Å². The molecular formula is C21H18N4O3. The number of rotatable bonds is 3. The number of methoxy groups -OCH3 is 1. The fourth-order valence-corrected chi connectivity index (χ4v) is 3.44. The Balaban J connectivity index is 1.46. The lowest BCUT2D eigenvalue weighted by Crippen LogP contribution is -2.19. The smallest absolute Gasteiger partial charge is 0.219 e. The molecule has 0 radical (unpaired) electrons. The molecule has 2 aromatic heterocycles. The van der Waals surface area contributed by atoms with E-state index in [4.69, 9.17) is 19.6 Å². The maximum absolute atomic E-state index is 6.08. The van der Waals surface area contributed by atoms with Gasteiger partial charge in [-0.15, -0.1) is 0 Å². The summed E-state index contributed by atoms with van der Waals surface area (Å²) in [5.41, 5.74) is 10.0. The second-order valence-corrected chi connectivity index (χ2v) is 6.75. The monoisotopic (exact) mass is 374 g/mol. The van der Waals surface area contributed by atoms with Crippen LogP contribution in [0.1, 0.15) is 17.4 Å². The molecule has 0 fully saturated rings. The summed E-state index contributed by atoms with van der Waals surface area (Å²) >= 11 is 0. The summed E-state index contributed by atoms with van der Waals surface area (Å²) in [5.74, 6) is 2.68. The third kappa shape index (κ3) is 2.90. The molecule has 2 N–H and O–H groups in total. The Morgan fingerprint density at radius 3 is 2.75 bits per heavy atom. The van der Waals surface area contributed by atoms with Gasteiger partial charge in [0.05, 0.1) is 13.0 Å². The normalized spacial score (nSPS) is 15.8. The molecule has 140 valence electrons. The van der Waals surface area contributed by atoms with Crippen LogP contribution in [0.5, 0.6) is 11.5 Å². The van der Waals surface area contributed by atoms with E-state index >= 15 is 0 Å². The van der Waals surface area contributed by atoms with Crippen molar-refractivity contribution in [1.29, 1.82) is 0 Å². The first-order chi connectivity index (χ1) is 13.7. The molecule has 5 rings (SSSR count). The number of benzene rings is 2. The van der Waals surface area contributed by atoms with Crippen LogP contribution >= 0.6 is 0 Å². The van der Waals surface area contributed by atoms with Crippen LogP contribution in [-0.4, -0.2) is 28.7 Å². The van der Waals surface area contributed by atoms with E-state index < -0.39 is 0 Å². The number of ether oxygens (including phenoxy) is 2. The molecule has 0 bridgehead atoms. The minimum Gasteiger partial charge on any atom is -0.497 e. The molecule has 1 aliphatic heterocycles. The van der Waals surface area contributed by atoms with Crippen molar-refractivity contribution in [3.05, 3.63) is 60.2 Å². The summed E-state index contributed by atoms with van der Waals surface area (Å²) in [4.78, 5) is 12.8. The number of hydrogen-bond acceptors (Lipinski definition) is 7. The standard InChI is InChI=1S/C21H18N4O3/c1-26-16-3-5-18-13(7-16)6-14(11-27-18)20-25-17-4-2-12(8-19(17)28-20)15-9-23-21(22)24-10-15/h2-5,7-10,14H,6,11H2,1H3,(H2,22,23,24). The minimum atomic E-state index is 0.0512. The predicted molar refractivity (Wildman–Crippen MR) is 104 cm³/mol. The second-order valence-electron chi connectivity index (χ2n) is 6.75. The van der Waals surface area contributed by atoms with Crippen LogP contribution in [0, 0.1) is 0 Å². The summed E-state index contributed by atoms with van der Waals surface area (Å²) in [5, 5.41) is 0. The lowest BCUT2D eigenvalue weighted by molar-refractivity contribution is 0.243. The van der Waals surface area contributed by atoms with Crippen LogP contribution < -0.4 is 15.2 Å². The first-order valence-corrected chi connectivity index (χ1v) is 8.98. The number of nitrogens with zero attached hydrogens (tertiary/aromatic N) is 3. The molecule has 4 aromatic rings. The van der Waals surface area contributed by atoms with E-state index in [2.05, 4.69) is 15.0 Å². The Hall–Kier alpha value is -3.61. The van der Waals surface area contributed by atoms with E-state index in [0.717, 1.165) is 45.7 Å². The largest absolute Gasteiger partial charge is 0.497 e. The lowest BCUT2D eigenvalue weighted by Gasteiger charge is -2.23. The lowest BCUT2D eigenvalue weighted by atomic mass is 9.96. The van der Waals surface area contributed by atoms with E-state index in [1.165, 1.54) is 0 Å². The third-order valence-electron chi connectivity index (χ3n) is 4.93. The summed E-state index contributed by atoms with van der Waals surface area (Å²) in [6.07, 6.45) is 4.18. The van der Waals surface area contributed by atoms with E-state index in [0.29, 0.717) is 12.5 Å². The maximum atomic E-state index is 6.08. The van der Waals surface area contributed by atoms with Gasteiger partial charge in [-0.3, -0.25) is 0 Å². The van der Waals surface area contributed by atoms with Crippen LogP contribution in [0.15, 0.2) is 53.2 Å². The minimum absolute atomic E-state index is 0.0512. The molecular weight excluding hydrogens is 356 g/mol. The van der Waals surface area contributed by atoms with Crippen LogP contribution in [0.4, 0.5) is 5.95 Å². The van der Waals surface area contributed by atoms with Gasteiger partial charge in [0, 0.05) is 18.0 Å². The number of oxazole rings is 1. The molecule has 1 aliphatic rings. The third-order valence-corrected chi connectivity index (χ3v) is 4.93. The van der Waals surface area contributed by atoms with Gasteiger partial charge in [0.2, 0.25) is 11.8 Å². The molecule has 0 saturated carbocycles. The second kappa shape index (κ2) is 6.53. The summed E-state index contributed by atoms with van der Waals surface area (Å²) in [6, 6.07) is 11.7. The fourth-order valence-electron chi connectivity index (χ4n) is 3.44. The molecule has 0 saturated heterocycles. The molecule has 0 aliphatic carbocycles. The van der Waals surface area contributed by atoms with Gasteiger partial charge in [-0.2, -0.15) is 0 Å². The Morgan fingerprint density at radius 1 is 1.07 bits per heavy atom. The summed E-state index contributed by atoms with van der Waals surface area (Å²) < 4.78 is 17.3. The van der Waals surface area contributed by atoms with Gasteiger partial charge in [0.15, 0.2) is 5.58 Å².